The average molecular weight is 343 g/mol. The maximum atomic E-state index is 12.3. The maximum Gasteiger partial charge on any atom is 0.259 e. The smallest absolute Gasteiger partial charge is 0.259 e. The Morgan fingerprint density at radius 2 is 2.05 bits per heavy atom. The Balaban J connectivity index is 1.90. The third kappa shape index (κ3) is 2.85. The zero-order chi connectivity index (χ0) is 14.8. The number of rotatable bonds is 2. The molecule has 21 heavy (non-hydrogen) atoms. The van der Waals surface area contributed by atoms with Gasteiger partial charge in [-0.25, -0.2) is 4.98 Å². The van der Waals surface area contributed by atoms with Gasteiger partial charge in [-0.2, -0.15) is 0 Å². The molecule has 0 aliphatic carbocycles. The van der Waals surface area contributed by atoms with E-state index in [1.54, 1.807) is 24.5 Å². The lowest BCUT2D eigenvalue weighted by molar-refractivity contribution is 0.102. The molecule has 104 valence electrons. The summed E-state index contributed by atoms with van der Waals surface area (Å²) < 4.78 is 0.699. The summed E-state index contributed by atoms with van der Waals surface area (Å²) in [5, 5.41) is 3.77. The van der Waals surface area contributed by atoms with Gasteiger partial charge in [-0.1, -0.05) is 6.07 Å². The molecular formula is C15H11BrN4O. The summed E-state index contributed by atoms with van der Waals surface area (Å²) in [6, 6.07) is 10.9. The van der Waals surface area contributed by atoms with Crippen molar-refractivity contribution in [3.8, 4) is 0 Å². The highest BCUT2D eigenvalue weighted by atomic mass is 79.9. The van der Waals surface area contributed by atoms with Gasteiger partial charge in [0.05, 0.1) is 11.1 Å². The lowest BCUT2D eigenvalue weighted by Crippen LogP contribution is -2.14. The van der Waals surface area contributed by atoms with Gasteiger partial charge in [-0.15, -0.1) is 0 Å². The highest BCUT2D eigenvalue weighted by Gasteiger charge is 2.12. The Hall–Kier alpha value is -2.47. The summed E-state index contributed by atoms with van der Waals surface area (Å²) in [4.78, 5) is 20.4. The molecule has 0 unspecified atom stereocenters. The van der Waals surface area contributed by atoms with Crippen LogP contribution >= 0.6 is 15.9 Å². The van der Waals surface area contributed by atoms with Crippen molar-refractivity contribution >= 4 is 44.2 Å². The van der Waals surface area contributed by atoms with Crippen LogP contribution in [0.4, 0.5) is 11.5 Å². The number of benzene rings is 1. The molecule has 2 aromatic heterocycles. The topological polar surface area (TPSA) is 80.9 Å². The van der Waals surface area contributed by atoms with E-state index in [1.165, 1.54) is 0 Å². The molecule has 3 aromatic rings. The van der Waals surface area contributed by atoms with Crippen LogP contribution in [0, 0.1) is 0 Å². The normalized spacial score (nSPS) is 10.5. The third-order valence-corrected chi connectivity index (χ3v) is 3.42. The summed E-state index contributed by atoms with van der Waals surface area (Å²) >= 11 is 3.28. The van der Waals surface area contributed by atoms with Crippen molar-refractivity contribution in [2.75, 3.05) is 11.1 Å². The fraction of sp³-hybridized carbons (Fsp3) is 0. The predicted molar refractivity (Wildman–Crippen MR) is 86.0 cm³/mol. The monoisotopic (exact) mass is 342 g/mol. The van der Waals surface area contributed by atoms with Crippen molar-refractivity contribution in [2.45, 2.75) is 0 Å². The van der Waals surface area contributed by atoms with Gasteiger partial charge in [-0.05, 0) is 46.3 Å². The first kappa shape index (κ1) is 13.5. The third-order valence-electron chi connectivity index (χ3n) is 2.99. The highest BCUT2D eigenvalue weighted by Crippen LogP contribution is 2.20. The Labute approximate surface area is 129 Å². The van der Waals surface area contributed by atoms with Crippen LogP contribution in [0.3, 0.4) is 0 Å². The minimum Gasteiger partial charge on any atom is -0.383 e. The van der Waals surface area contributed by atoms with Crippen molar-refractivity contribution in [3.05, 3.63) is 58.8 Å². The van der Waals surface area contributed by atoms with E-state index in [-0.39, 0.29) is 11.7 Å². The molecule has 0 fully saturated rings. The summed E-state index contributed by atoms with van der Waals surface area (Å²) in [5.74, 6) is -0.109. The van der Waals surface area contributed by atoms with E-state index in [0.29, 0.717) is 15.7 Å². The number of anilines is 2. The molecule has 5 nitrogen and oxygen atoms in total. The molecule has 0 bridgehead atoms. The first-order valence-corrected chi connectivity index (χ1v) is 7.00. The molecule has 0 radical (unpaired) electrons. The number of nitrogens with two attached hydrogens (primary N) is 1. The number of nitrogen functional groups attached to an aromatic ring is 1. The number of nitrogens with one attached hydrogen (secondary N) is 1. The van der Waals surface area contributed by atoms with Gasteiger partial charge in [0.15, 0.2) is 0 Å². The van der Waals surface area contributed by atoms with Crippen LogP contribution in [0.15, 0.2) is 53.3 Å². The van der Waals surface area contributed by atoms with Gasteiger partial charge in [0, 0.05) is 27.9 Å². The second-order valence-electron chi connectivity index (χ2n) is 4.45. The highest BCUT2D eigenvalue weighted by molar-refractivity contribution is 9.10. The first-order valence-electron chi connectivity index (χ1n) is 6.20. The average Bonchev–Trinajstić information content (AvgIpc) is 2.49. The summed E-state index contributed by atoms with van der Waals surface area (Å²) in [7, 11) is 0. The Morgan fingerprint density at radius 3 is 2.90 bits per heavy atom. The molecule has 0 atom stereocenters. The van der Waals surface area contributed by atoms with Gasteiger partial charge < -0.3 is 11.1 Å². The number of carbonyl (C=O) groups excluding carboxylic acids is 1. The lowest BCUT2D eigenvalue weighted by atomic mass is 10.2. The Bertz CT molecular complexity index is 835. The van der Waals surface area contributed by atoms with Gasteiger partial charge in [0.25, 0.3) is 5.91 Å². The second-order valence-corrected chi connectivity index (χ2v) is 5.37. The van der Waals surface area contributed by atoms with Gasteiger partial charge in [0.2, 0.25) is 0 Å². The number of hydrogen-bond acceptors (Lipinski definition) is 4. The van der Waals surface area contributed by atoms with Crippen molar-refractivity contribution in [2.24, 2.45) is 0 Å². The summed E-state index contributed by atoms with van der Waals surface area (Å²) in [5.41, 5.74) is 7.62. The Morgan fingerprint density at radius 1 is 1.19 bits per heavy atom. The number of nitrogens with zero attached hydrogens (tertiary/aromatic N) is 2. The molecule has 0 aliphatic rings. The number of aromatic nitrogens is 2. The van der Waals surface area contributed by atoms with Crippen LogP contribution in [0.1, 0.15) is 10.4 Å². The minimum absolute atomic E-state index is 0.193. The fourth-order valence-electron chi connectivity index (χ4n) is 1.98. The molecule has 0 spiro atoms. The minimum atomic E-state index is -0.301. The predicted octanol–water partition coefficient (Wildman–Crippen LogP) is 3.23. The van der Waals surface area contributed by atoms with Crippen LogP contribution in [0.5, 0.6) is 0 Å². The lowest BCUT2D eigenvalue weighted by Gasteiger charge is -2.08. The van der Waals surface area contributed by atoms with E-state index in [0.717, 1.165) is 10.9 Å². The molecule has 3 N–H and O–H groups in total. The zero-order valence-corrected chi connectivity index (χ0v) is 12.5. The van der Waals surface area contributed by atoms with E-state index < -0.39 is 0 Å². The quantitative estimate of drug-likeness (QED) is 0.749. The molecule has 0 saturated carbocycles. The molecule has 0 aliphatic heterocycles. The molecule has 3 rings (SSSR count). The number of amides is 1. The van der Waals surface area contributed by atoms with Gasteiger partial charge in [0.1, 0.15) is 5.82 Å². The Kier molecular flexibility index (Phi) is 3.53. The van der Waals surface area contributed by atoms with Crippen molar-refractivity contribution in [1.82, 2.24) is 9.97 Å². The number of halogens is 1. The number of pyridine rings is 2. The van der Waals surface area contributed by atoms with E-state index in [9.17, 15) is 4.79 Å². The summed E-state index contributed by atoms with van der Waals surface area (Å²) in [6.07, 6.45) is 3.28. The molecule has 1 aromatic carbocycles. The van der Waals surface area contributed by atoms with Crippen LogP contribution in [-0.4, -0.2) is 15.9 Å². The van der Waals surface area contributed by atoms with Gasteiger partial charge >= 0.3 is 0 Å². The molecular weight excluding hydrogens is 332 g/mol. The number of carbonyl (C=O) groups is 1. The second kappa shape index (κ2) is 5.49. The maximum absolute atomic E-state index is 12.3. The summed E-state index contributed by atoms with van der Waals surface area (Å²) in [6.45, 7) is 0. The van der Waals surface area contributed by atoms with Crippen LogP contribution < -0.4 is 11.1 Å². The molecule has 2 heterocycles. The molecule has 0 saturated heterocycles. The number of hydrogen-bond donors (Lipinski definition) is 2. The number of fused-ring (bicyclic) bond motifs is 1. The van der Waals surface area contributed by atoms with E-state index in [4.69, 9.17) is 5.73 Å². The first-order chi connectivity index (χ1) is 10.1. The molecule has 6 heteroatoms. The van der Waals surface area contributed by atoms with E-state index in [1.807, 2.05) is 24.3 Å². The van der Waals surface area contributed by atoms with E-state index in [2.05, 4.69) is 31.2 Å². The van der Waals surface area contributed by atoms with E-state index >= 15 is 0 Å². The van der Waals surface area contributed by atoms with Crippen molar-refractivity contribution in [3.63, 3.8) is 0 Å². The molecule has 1 amide bonds. The zero-order valence-electron chi connectivity index (χ0n) is 10.9. The van der Waals surface area contributed by atoms with Crippen molar-refractivity contribution < 1.29 is 4.79 Å². The van der Waals surface area contributed by atoms with Crippen LogP contribution in [0.25, 0.3) is 10.9 Å². The fourth-order valence-corrected chi connectivity index (χ4v) is 2.31. The van der Waals surface area contributed by atoms with Gasteiger partial charge in [-0.3, -0.25) is 9.78 Å². The van der Waals surface area contributed by atoms with Crippen molar-refractivity contribution in [1.29, 1.82) is 0 Å². The standard InChI is InChI=1S/C15H11BrN4O/c16-10-7-12(14(17)19-8-10)15(21)20-11-3-4-13-9(6-11)2-1-5-18-13/h1-8H,(H2,17,19)(H,20,21). The largest absolute Gasteiger partial charge is 0.383 e. The van der Waals surface area contributed by atoms with Crippen LogP contribution in [0.2, 0.25) is 0 Å². The van der Waals surface area contributed by atoms with Crippen LogP contribution in [-0.2, 0) is 0 Å². The SMILES string of the molecule is Nc1ncc(Br)cc1C(=O)Nc1ccc2ncccc2c1.